The molecule has 68 heavy (non-hydrogen) atoms. The number of fused-ring (bicyclic) bond motifs is 12. The van der Waals surface area contributed by atoms with Crippen molar-refractivity contribution in [1.29, 1.82) is 0 Å². The Kier molecular flexibility index (Phi) is 9.30. The monoisotopic (exact) mass is 912 g/mol. The molecule has 8 heteroatoms. The number of benzene rings is 10. The summed E-state index contributed by atoms with van der Waals surface area (Å²) in [5.41, 5.74) is 7.76. The Morgan fingerprint density at radius 3 is 0.515 bits per heavy atom. The van der Waals surface area contributed by atoms with Crippen LogP contribution >= 0.6 is 14.9 Å². The van der Waals surface area contributed by atoms with E-state index in [9.17, 15) is 0 Å². The van der Waals surface area contributed by atoms with E-state index in [1.165, 1.54) is 0 Å². The summed E-state index contributed by atoms with van der Waals surface area (Å²) in [6.07, 6.45) is 0. The number of nitrogens with zero attached hydrogens (tertiary/aromatic N) is 4. The van der Waals surface area contributed by atoms with Crippen LogP contribution < -0.4 is 10.6 Å². The molecule has 0 bridgehead atoms. The van der Waals surface area contributed by atoms with Crippen molar-refractivity contribution in [3.05, 3.63) is 255 Å². The van der Waals surface area contributed by atoms with Crippen molar-refractivity contribution in [3.63, 3.8) is 0 Å². The lowest BCUT2D eigenvalue weighted by atomic mass is 10.2. The summed E-state index contributed by atoms with van der Waals surface area (Å²) in [5.74, 6) is 0. The average molecular weight is 913 g/mol. The van der Waals surface area contributed by atoms with Crippen LogP contribution in [-0.4, -0.2) is 17.4 Å². The van der Waals surface area contributed by atoms with E-state index < -0.39 is 14.9 Å². The van der Waals surface area contributed by atoms with E-state index in [0.29, 0.717) is 0 Å². The first-order chi connectivity index (χ1) is 33.6. The third kappa shape index (κ3) is 5.78. The molecule has 0 fully saturated rings. The maximum atomic E-state index is 15.9. The van der Waals surface area contributed by atoms with E-state index in [1.54, 1.807) is 0 Å². The van der Waals surface area contributed by atoms with Gasteiger partial charge < -0.3 is 0 Å². The molecule has 14 rings (SSSR count). The summed E-state index contributed by atoms with van der Waals surface area (Å²) in [6.45, 7) is 0. The first kappa shape index (κ1) is 40.2. The quantitative estimate of drug-likeness (QED) is 0.156. The molecule has 0 atom stereocenters. The van der Waals surface area contributed by atoms with Crippen molar-refractivity contribution < 1.29 is 9.13 Å². The third-order valence-electron chi connectivity index (χ3n) is 13.5. The highest BCUT2D eigenvalue weighted by Gasteiger charge is 2.37. The second-order valence-corrected chi connectivity index (χ2v) is 22.0. The Hall–Kier alpha value is -8.14. The topological polar surface area (TPSA) is 53.9 Å². The van der Waals surface area contributed by atoms with Crippen molar-refractivity contribution in [2.24, 2.45) is 0 Å². The third-order valence-corrected chi connectivity index (χ3v) is 19.3. The molecule has 0 radical (unpaired) electrons. The van der Waals surface area contributed by atoms with Gasteiger partial charge in [-0.2, -0.15) is 0 Å². The summed E-state index contributed by atoms with van der Waals surface area (Å²) < 4.78 is 40.2. The highest BCUT2D eigenvalue weighted by Crippen LogP contribution is 2.58. The van der Waals surface area contributed by atoms with Crippen LogP contribution in [0.5, 0.6) is 0 Å². The summed E-state index contributed by atoms with van der Waals surface area (Å²) in [5, 5.41) is 10.5. The van der Waals surface area contributed by atoms with E-state index in [-0.39, 0.29) is 0 Å². The Morgan fingerprint density at radius 1 is 0.191 bits per heavy atom. The van der Waals surface area contributed by atoms with Crippen LogP contribution in [0.1, 0.15) is 0 Å². The molecule has 0 saturated carbocycles. The van der Waals surface area contributed by atoms with Crippen LogP contribution in [0.15, 0.2) is 255 Å². The molecule has 0 aliphatic carbocycles. The van der Waals surface area contributed by atoms with E-state index in [4.69, 9.17) is 0 Å². The van der Waals surface area contributed by atoms with Gasteiger partial charge in [0.2, 0.25) is 0 Å². The average Bonchev–Trinajstić information content (AvgIpc) is 4.15. The SMILES string of the molecule is O=P(c1ccccc1)(n1c2ccccc2c2ccccc21)n1c2ccccc2c2ccccc21.O=P(c1ccccc1)(n1c2ccccc2c2ccccc21)n1c2ccccc2c2ccccc21. The Labute approximate surface area is 392 Å². The molecule has 6 nitrogen and oxygen atoms in total. The Balaban J connectivity index is 0.000000134. The van der Waals surface area contributed by atoms with Gasteiger partial charge in [-0.1, -0.05) is 182 Å². The molecule has 0 unspecified atom stereocenters. The molecule has 0 N–H and O–H groups in total. The zero-order chi connectivity index (χ0) is 45.4. The van der Waals surface area contributed by atoms with Crippen molar-refractivity contribution >= 4 is 113 Å². The predicted molar refractivity (Wildman–Crippen MR) is 287 cm³/mol. The Bertz CT molecular complexity index is 3620. The zero-order valence-electron chi connectivity index (χ0n) is 36.7. The number of hydrogen-bond acceptors (Lipinski definition) is 2. The summed E-state index contributed by atoms with van der Waals surface area (Å²) in [4.78, 5) is 0. The summed E-state index contributed by atoms with van der Waals surface area (Å²) in [6, 6.07) is 86.1. The van der Waals surface area contributed by atoms with Crippen molar-refractivity contribution in [3.8, 4) is 0 Å². The van der Waals surface area contributed by atoms with E-state index in [0.717, 1.165) is 97.8 Å². The van der Waals surface area contributed by atoms with Crippen LogP contribution in [0.2, 0.25) is 0 Å². The molecule has 0 amide bonds. The molecule has 4 heterocycles. The molecule has 0 saturated heterocycles. The minimum atomic E-state index is -3.43. The molecule has 10 aromatic carbocycles. The molecule has 0 aliphatic rings. The van der Waals surface area contributed by atoms with Crippen molar-refractivity contribution in [2.75, 3.05) is 0 Å². The van der Waals surface area contributed by atoms with Crippen LogP contribution in [0.25, 0.3) is 87.2 Å². The number of aromatic nitrogens is 4. The van der Waals surface area contributed by atoms with Gasteiger partial charge in [-0.3, -0.25) is 26.5 Å². The number of para-hydroxylation sites is 8. The van der Waals surface area contributed by atoms with E-state index in [2.05, 4.69) is 114 Å². The van der Waals surface area contributed by atoms with E-state index in [1.807, 2.05) is 158 Å². The largest absolute Gasteiger partial charge is 0.301 e. The molecule has 324 valence electrons. The van der Waals surface area contributed by atoms with Crippen LogP contribution in [0, 0.1) is 0 Å². The smallest absolute Gasteiger partial charge is 0.271 e. The lowest BCUT2D eigenvalue weighted by molar-refractivity contribution is 0.572. The minimum Gasteiger partial charge on any atom is -0.271 e. The van der Waals surface area contributed by atoms with Gasteiger partial charge in [0, 0.05) is 43.1 Å². The highest BCUT2D eigenvalue weighted by molar-refractivity contribution is 7.70. The molecule has 0 aliphatic heterocycles. The molecular formula is C60H42N4O2P2. The van der Waals surface area contributed by atoms with Crippen molar-refractivity contribution in [1.82, 2.24) is 17.4 Å². The fourth-order valence-corrected chi connectivity index (χ4v) is 16.8. The number of hydrogen-bond donors (Lipinski definition) is 0. The second kappa shape index (κ2) is 15.7. The predicted octanol–water partition coefficient (Wildman–Crippen LogP) is 15.6. The summed E-state index contributed by atoms with van der Waals surface area (Å²) in [7, 11) is -6.86. The zero-order valence-corrected chi connectivity index (χ0v) is 38.5. The first-order valence-electron chi connectivity index (χ1n) is 22.8. The van der Waals surface area contributed by atoms with Crippen LogP contribution in [0.4, 0.5) is 0 Å². The maximum Gasteiger partial charge on any atom is 0.301 e. The molecule has 14 aromatic rings. The highest BCUT2D eigenvalue weighted by atomic mass is 31.2. The lowest BCUT2D eigenvalue weighted by Gasteiger charge is -2.26. The van der Waals surface area contributed by atoms with Gasteiger partial charge in [0.15, 0.2) is 0 Å². The maximum absolute atomic E-state index is 15.9. The second-order valence-electron chi connectivity index (χ2n) is 17.1. The van der Waals surface area contributed by atoms with Crippen LogP contribution in [-0.2, 0) is 9.13 Å². The minimum absolute atomic E-state index is 0.799. The lowest BCUT2D eigenvalue weighted by Crippen LogP contribution is -2.17. The first-order valence-corrected chi connectivity index (χ1v) is 26.1. The van der Waals surface area contributed by atoms with Gasteiger partial charge in [0.1, 0.15) is 0 Å². The molecule has 0 spiro atoms. The molecule has 4 aromatic heterocycles. The van der Waals surface area contributed by atoms with Gasteiger partial charge in [-0.15, -0.1) is 0 Å². The van der Waals surface area contributed by atoms with Gasteiger partial charge in [-0.25, -0.2) is 0 Å². The standard InChI is InChI=1S/2C30H21N2OP/c2*33-34(22-12-2-1-3-13-22,31-27-18-8-4-14-23(27)24-15-5-9-19-28(24)31)32-29-20-10-6-16-25(29)26-17-7-11-21-30(26)32/h2*1-21H. The fraction of sp³-hybridized carbons (Fsp3) is 0. The van der Waals surface area contributed by atoms with E-state index >= 15 is 9.13 Å². The normalized spacial score (nSPS) is 12.2. The van der Waals surface area contributed by atoms with Gasteiger partial charge in [0.05, 0.1) is 54.7 Å². The van der Waals surface area contributed by atoms with Gasteiger partial charge in [-0.05, 0) is 72.8 Å². The Morgan fingerprint density at radius 2 is 0.338 bits per heavy atom. The van der Waals surface area contributed by atoms with Gasteiger partial charge in [0.25, 0.3) is 0 Å². The summed E-state index contributed by atoms with van der Waals surface area (Å²) >= 11 is 0. The van der Waals surface area contributed by atoms with Crippen LogP contribution in [0.3, 0.4) is 0 Å². The molecular weight excluding hydrogens is 871 g/mol. The fourth-order valence-electron chi connectivity index (χ4n) is 10.7. The van der Waals surface area contributed by atoms with Gasteiger partial charge >= 0.3 is 14.9 Å². The van der Waals surface area contributed by atoms with Crippen molar-refractivity contribution in [2.45, 2.75) is 0 Å². The number of rotatable bonds is 6.